The van der Waals surface area contributed by atoms with E-state index in [4.69, 9.17) is 0 Å². The van der Waals surface area contributed by atoms with Gasteiger partial charge in [0.15, 0.2) is 5.82 Å². The van der Waals surface area contributed by atoms with E-state index in [1.54, 1.807) is 35.4 Å². The number of hydrogen-bond acceptors (Lipinski definition) is 4. The molecule has 0 saturated carbocycles. The minimum atomic E-state index is 0.779. The predicted molar refractivity (Wildman–Crippen MR) is 57.3 cm³/mol. The van der Waals surface area contributed by atoms with Crippen LogP contribution < -0.4 is 0 Å². The summed E-state index contributed by atoms with van der Waals surface area (Å²) in [4.78, 5) is 12.6. The molecule has 3 heterocycles. The molecule has 3 aromatic rings. The summed E-state index contributed by atoms with van der Waals surface area (Å²) >= 11 is 1.56. The highest BCUT2D eigenvalue weighted by atomic mass is 32.1. The molecule has 6 heteroatoms. The molecule has 3 aromatic heterocycles. The van der Waals surface area contributed by atoms with Crippen molar-refractivity contribution in [3.8, 4) is 22.1 Å². The summed E-state index contributed by atoms with van der Waals surface area (Å²) in [5, 5.41) is 6.84. The number of rotatable bonds is 2. The summed E-state index contributed by atoms with van der Waals surface area (Å²) in [7, 11) is 0. The Labute approximate surface area is 89.2 Å². The molecule has 15 heavy (non-hydrogen) atoms. The summed E-state index contributed by atoms with van der Waals surface area (Å²) in [6.07, 6.45) is 5.22. The Kier molecular flexibility index (Phi) is 1.85. The van der Waals surface area contributed by atoms with Crippen LogP contribution in [0.1, 0.15) is 0 Å². The van der Waals surface area contributed by atoms with E-state index < -0.39 is 0 Å². The lowest BCUT2D eigenvalue weighted by molar-refractivity contribution is 1.10. The van der Waals surface area contributed by atoms with Crippen molar-refractivity contribution in [1.29, 1.82) is 0 Å². The van der Waals surface area contributed by atoms with Gasteiger partial charge in [-0.25, -0.2) is 9.97 Å². The summed E-state index contributed by atoms with van der Waals surface area (Å²) in [6.45, 7) is 0. The lowest BCUT2D eigenvalue weighted by Gasteiger charge is -1.95. The molecule has 5 nitrogen and oxygen atoms in total. The highest BCUT2D eigenvalue weighted by molar-refractivity contribution is 7.13. The van der Waals surface area contributed by atoms with Crippen LogP contribution in [0.3, 0.4) is 0 Å². The van der Waals surface area contributed by atoms with Crippen LogP contribution in [0.2, 0.25) is 0 Å². The number of nitrogens with one attached hydrogen (secondary N) is 2. The smallest absolute Gasteiger partial charge is 0.157 e. The highest BCUT2D eigenvalue weighted by Crippen LogP contribution is 2.31. The zero-order valence-electron chi connectivity index (χ0n) is 7.64. The second kappa shape index (κ2) is 3.32. The van der Waals surface area contributed by atoms with Crippen molar-refractivity contribution in [2.75, 3.05) is 0 Å². The topological polar surface area (TPSA) is 70.2 Å². The molecule has 0 saturated heterocycles. The van der Waals surface area contributed by atoms with Gasteiger partial charge in [-0.2, -0.15) is 5.10 Å². The van der Waals surface area contributed by atoms with Crippen LogP contribution in [0.25, 0.3) is 22.1 Å². The average Bonchev–Trinajstić information content (AvgIpc) is 3.01. The molecule has 74 valence electrons. The number of aromatic nitrogens is 5. The van der Waals surface area contributed by atoms with Gasteiger partial charge >= 0.3 is 0 Å². The van der Waals surface area contributed by atoms with Gasteiger partial charge in [0, 0.05) is 18.6 Å². The Bertz CT molecular complexity index is 488. The van der Waals surface area contributed by atoms with E-state index in [1.807, 2.05) is 6.07 Å². The van der Waals surface area contributed by atoms with Gasteiger partial charge in [-0.1, -0.05) is 0 Å². The van der Waals surface area contributed by atoms with E-state index in [0.29, 0.717) is 0 Å². The Balaban J connectivity index is 2.15. The lowest BCUT2D eigenvalue weighted by Crippen LogP contribution is -1.84. The normalized spacial score (nSPS) is 10.7. The largest absolute Gasteiger partial charge is 0.343 e. The van der Waals surface area contributed by atoms with Crippen LogP contribution in [-0.2, 0) is 0 Å². The minimum absolute atomic E-state index is 0.779. The van der Waals surface area contributed by atoms with Gasteiger partial charge in [-0.15, -0.1) is 11.3 Å². The summed E-state index contributed by atoms with van der Waals surface area (Å²) in [5.74, 6) is 0.779. The molecule has 0 aliphatic rings. The second-order valence-electron chi connectivity index (χ2n) is 2.94. The fraction of sp³-hybridized carbons (Fsp3) is 0. The monoisotopic (exact) mass is 217 g/mol. The van der Waals surface area contributed by atoms with Crippen LogP contribution in [0, 0.1) is 0 Å². The maximum Gasteiger partial charge on any atom is 0.157 e. The predicted octanol–water partition coefficient (Wildman–Crippen LogP) is 1.92. The average molecular weight is 217 g/mol. The Morgan fingerprint density at radius 1 is 1.20 bits per heavy atom. The summed E-state index contributed by atoms with van der Waals surface area (Å²) in [5.41, 5.74) is 3.62. The SMILES string of the molecule is c1cc(-c2scnc2-c2ncc[nH]2)[nH]n1. The molecule has 3 rings (SSSR count). The third kappa shape index (κ3) is 1.35. The molecule has 0 spiro atoms. The molecule has 0 atom stereocenters. The Morgan fingerprint density at radius 3 is 2.93 bits per heavy atom. The molecular weight excluding hydrogens is 210 g/mol. The van der Waals surface area contributed by atoms with Gasteiger partial charge in [-0.05, 0) is 6.07 Å². The molecule has 2 N–H and O–H groups in total. The fourth-order valence-corrected chi connectivity index (χ4v) is 2.15. The number of nitrogens with zero attached hydrogens (tertiary/aromatic N) is 3. The molecule has 0 aliphatic heterocycles. The van der Waals surface area contributed by atoms with Crippen LogP contribution in [0.5, 0.6) is 0 Å². The summed E-state index contributed by atoms with van der Waals surface area (Å²) < 4.78 is 0. The zero-order valence-corrected chi connectivity index (χ0v) is 8.45. The first kappa shape index (κ1) is 8.37. The van der Waals surface area contributed by atoms with Crippen molar-refractivity contribution < 1.29 is 0 Å². The van der Waals surface area contributed by atoms with Gasteiger partial charge in [0.05, 0.1) is 16.1 Å². The van der Waals surface area contributed by atoms with E-state index in [9.17, 15) is 0 Å². The molecule has 0 amide bonds. The van der Waals surface area contributed by atoms with Crippen molar-refractivity contribution in [3.05, 3.63) is 30.2 Å². The third-order valence-electron chi connectivity index (χ3n) is 2.04. The first-order valence-corrected chi connectivity index (χ1v) is 5.26. The molecule has 0 unspecified atom stereocenters. The van der Waals surface area contributed by atoms with Gasteiger partial charge in [0.25, 0.3) is 0 Å². The lowest BCUT2D eigenvalue weighted by atomic mass is 10.3. The maximum atomic E-state index is 4.29. The van der Waals surface area contributed by atoms with E-state index in [-0.39, 0.29) is 0 Å². The van der Waals surface area contributed by atoms with Crippen LogP contribution in [0.4, 0.5) is 0 Å². The van der Waals surface area contributed by atoms with E-state index in [2.05, 4.69) is 25.1 Å². The van der Waals surface area contributed by atoms with E-state index >= 15 is 0 Å². The quantitative estimate of drug-likeness (QED) is 0.689. The first-order valence-electron chi connectivity index (χ1n) is 4.38. The molecule has 0 aliphatic carbocycles. The number of H-pyrrole nitrogens is 2. The molecule has 0 fully saturated rings. The molecule has 0 radical (unpaired) electrons. The number of thiazole rings is 1. The van der Waals surface area contributed by atoms with E-state index in [1.165, 1.54) is 0 Å². The standard InChI is InChI=1S/C9H7N5S/c1-2-13-14-6(1)8-7(12-5-15-8)9-10-3-4-11-9/h1-5H,(H,10,11)(H,13,14). The van der Waals surface area contributed by atoms with Gasteiger partial charge in [0.1, 0.15) is 5.69 Å². The number of hydrogen-bond donors (Lipinski definition) is 2. The van der Waals surface area contributed by atoms with Gasteiger partial charge in [-0.3, -0.25) is 5.10 Å². The van der Waals surface area contributed by atoms with Crippen molar-refractivity contribution in [1.82, 2.24) is 25.1 Å². The second-order valence-corrected chi connectivity index (χ2v) is 3.79. The summed E-state index contributed by atoms with van der Waals surface area (Å²) in [6, 6.07) is 1.92. The Hall–Kier alpha value is -1.95. The minimum Gasteiger partial charge on any atom is -0.343 e. The van der Waals surface area contributed by atoms with Crippen molar-refractivity contribution in [2.45, 2.75) is 0 Å². The van der Waals surface area contributed by atoms with Crippen molar-refractivity contribution >= 4 is 11.3 Å². The van der Waals surface area contributed by atoms with Gasteiger partial charge < -0.3 is 4.98 Å². The van der Waals surface area contributed by atoms with Crippen molar-refractivity contribution in [3.63, 3.8) is 0 Å². The van der Waals surface area contributed by atoms with Crippen LogP contribution in [0.15, 0.2) is 30.2 Å². The van der Waals surface area contributed by atoms with Crippen molar-refractivity contribution in [2.24, 2.45) is 0 Å². The Morgan fingerprint density at radius 2 is 2.20 bits per heavy atom. The first-order chi connectivity index (χ1) is 7.45. The number of imidazole rings is 1. The fourth-order valence-electron chi connectivity index (χ4n) is 1.38. The van der Waals surface area contributed by atoms with E-state index in [0.717, 1.165) is 22.1 Å². The molecular formula is C9H7N5S. The highest BCUT2D eigenvalue weighted by Gasteiger charge is 2.13. The molecule has 0 bridgehead atoms. The molecule has 0 aromatic carbocycles. The zero-order chi connectivity index (χ0) is 10.1. The number of aromatic amines is 2. The maximum absolute atomic E-state index is 4.29. The van der Waals surface area contributed by atoms with Gasteiger partial charge in [0.2, 0.25) is 0 Å². The van der Waals surface area contributed by atoms with Crippen LogP contribution in [-0.4, -0.2) is 25.1 Å². The third-order valence-corrected chi connectivity index (χ3v) is 2.90. The van der Waals surface area contributed by atoms with Crippen LogP contribution >= 0.6 is 11.3 Å².